The fraction of sp³-hybridized carbons (Fsp3) is 0.538. The molecule has 0 amide bonds. The van der Waals surface area contributed by atoms with Crippen LogP contribution in [-0.4, -0.2) is 11.2 Å². The molecule has 0 unspecified atom stereocenters. The van der Waals surface area contributed by atoms with E-state index in [1.165, 1.54) is 0 Å². The third kappa shape index (κ3) is 2.66. The molecule has 2 atom stereocenters. The number of nitrogens with two attached hydrogens (primary N) is 1. The molecule has 2 nitrogen and oxygen atoms in total. The molecular formula is C13H16ClF2NO. The quantitative estimate of drug-likeness (QED) is 0.890. The SMILES string of the molecule is N[C@H](c1c(F)cc(Cl)cc1F)[C@@H](O)C1CCCC1. The highest BCUT2D eigenvalue weighted by Crippen LogP contribution is 2.34. The van der Waals surface area contributed by atoms with Gasteiger partial charge in [-0.15, -0.1) is 0 Å². The smallest absolute Gasteiger partial charge is 0.132 e. The van der Waals surface area contributed by atoms with E-state index < -0.39 is 23.8 Å². The summed E-state index contributed by atoms with van der Waals surface area (Å²) in [4.78, 5) is 0. The number of halogens is 3. The third-order valence-electron chi connectivity index (χ3n) is 3.63. The average molecular weight is 276 g/mol. The van der Waals surface area contributed by atoms with Crippen molar-refractivity contribution in [2.75, 3.05) is 0 Å². The van der Waals surface area contributed by atoms with Gasteiger partial charge in [0, 0.05) is 10.6 Å². The van der Waals surface area contributed by atoms with Crippen LogP contribution in [-0.2, 0) is 0 Å². The molecule has 3 N–H and O–H groups in total. The van der Waals surface area contributed by atoms with Gasteiger partial charge in [-0.3, -0.25) is 0 Å². The van der Waals surface area contributed by atoms with Crippen molar-refractivity contribution in [3.05, 3.63) is 34.4 Å². The Morgan fingerprint density at radius 1 is 1.22 bits per heavy atom. The number of benzene rings is 1. The van der Waals surface area contributed by atoms with Crippen LogP contribution in [0.3, 0.4) is 0 Å². The lowest BCUT2D eigenvalue weighted by atomic mass is 9.90. The van der Waals surface area contributed by atoms with Crippen molar-refractivity contribution in [3.63, 3.8) is 0 Å². The van der Waals surface area contributed by atoms with Crippen LogP contribution in [0.5, 0.6) is 0 Å². The highest BCUT2D eigenvalue weighted by atomic mass is 35.5. The van der Waals surface area contributed by atoms with Crippen LogP contribution in [0.4, 0.5) is 8.78 Å². The maximum Gasteiger partial charge on any atom is 0.132 e. The van der Waals surface area contributed by atoms with Gasteiger partial charge in [0.05, 0.1) is 12.1 Å². The van der Waals surface area contributed by atoms with Gasteiger partial charge in [-0.25, -0.2) is 8.78 Å². The van der Waals surface area contributed by atoms with Crippen molar-refractivity contribution in [1.82, 2.24) is 0 Å². The van der Waals surface area contributed by atoms with E-state index in [0.717, 1.165) is 37.8 Å². The van der Waals surface area contributed by atoms with Gasteiger partial charge < -0.3 is 10.8 Å². The summed E-state index contributed by atoms with van der Waals surface area (Å²) >= 11 is 5.55. The first kappa shape index (κ1) is 13.7. The van der Waals surface area contributed by atoms with Crippen molar-refractivity contribution in [3.8, 4) is 0 Å². The highest BCUT2D eigenvalue weighted by molar-refractivity contribution is 6.30. The summed E-state index contributed by atoms with van der Waals surface area (Å²) in [6, 6.07) is 0.980. The highest BCUT2D eigenvalue weighted by Gasteiger charge is 2.31. The standard InChI is InChI=1S/C13H16ClF2NO/c14-8-5-9(15)11(10(16)6-8)12(17)13(18)7-3-1-2-4-7/h5-7,12-13,18H,1-4,17H2/t12-,13+/m1/s1. The molecule has 0 saturated heterocycles. The molecule has 1 fully saturated rings. The summed E-state index contributed by atoms with van der Waals surface area (Å²) in [5.41, 5.74) is 5.52. The molecule has 1 saturated carbocycles. The minimum Gasteiger partial charge on any atom is -0.391 e. The Bertz CT molecular complexity index is 412. The molecule has 0 spiro atoms. The van der Waals surface area contributed by atoms with Gasteiger partial charge in [0.15, 0.2) is 0 Å². The first-order chi connectivity index (χ1) is 8.50. The van der Waals surface area contributed by atoms with Crippen LogP contribution in [0.1, 0.15) is 37.3 Å². The molecule has 2 rings (SSSR count). The van der Waals surface area contributed by atoms with Gasteiger partial charge in [-0.1, -0.05) is 24.4 Å². The van der Waals surface area contributed by atoms with Gasteiger partial charge in [0.1, 0.15) is 11.6 Å². The Morgan fingerprint density at radius 3 is 2.22 bits per heavy atom. The second-order valence-electron chi connectivity index (χ2n) is 4.84. The van der Waals surface area contributed by atoms with E-state index in [2.05, 4.69) is 0 Å². The molecule has 0 aromatic heterocycles. The van der Waals surface area contributed by atoms with Crippen molar-refractivity contribution in [2.45, 2.75) is 37.8 Å². The molecule has 0 radical (unpaired) electrons. The average Bonchev–Trinajstić information content (AvgIpc) is 2.79. The lowest BCUT2D eigenvalue weighted by Gasteiger charge is -2.25. The van der Waals surface area contributed by atoms with Crippen LogP contribution in [0.15, 0.2) is 12.1 Å². The van der Waals surface area contributed by atoms with E-state index in [4.69, 9.17) is 17.3 Å². The molecule has 1 aromatic carbocycles. The molecule has 1 aliphatic rings. The van der Waals surface area contributed by atoms with Crippen LogP contribution in [0.2, 0.25) is 5.02 Å². The van der Waals surface area contributed by atoms with Gasteiger partial charge in [-0.05, 0) is 30.9 Å². The predicted molar refractivity (Wildman–Crippen MR) is 66.3 cm³/mol. The number of aliphatic hydroxyl groups excluding tert-OH is 1. The van der Waals surface area contributed by atoms with Gasteiger partial charge in [0.2, 0.25) is 0 Å². The van der Waals surface area contributed by atoms with E-state index in [1.807, 2.05) is 0 Å². The minimum absolute atomic E-state index is 0.0173. The summed E-state index contributed by atoms with van der Waals surface area (Å²) in [5.74, 6) is -1.58. The zero-order valence-corrected chi connectivity index (χ0v) is 10.6. The van der Waals surface area contributed by atoms with E-state index in [1.54, 1.807) is 0 Å². The number of rotatable bonds is 3. The predicted octanol–water partition coefficient (Wildman–Crippen LogP) is 3.17. The third-order valence-corrected chi connectivity index (χ3v) is 3.85. The Kier molecular flexibility index (Phi) is 4.20. The summed E-state index contributed by atoms with van der Waals surface area (Å²) in [6.45, 7) is 0. The molecular weight excluding hydrogens is 260 g/mol. The Hall–Kier alpha value is -0.710. The summed E-state index contributed by atoms with van der Waals surface area (Å²) in [7, 11) is 0. The normalized spacial score (nSPS) is 20.1. The number of hydrogen-bond donors (Lipinski definition) is 2. The molecule has 1 aliphatic carbocycles. The first-order valence-corrected chi connectivity index (χ1v) is 6.46. The molecule has 0 heterocycles. The topological polar surface area (TPSA) is 46.2 Å². The molecule has 1 aromatic rings. The fourth-order valence-electron chi connectivity index (χ4n) is 2.63. The van der Waals surface area contributed by atoms with Crippen molar-refractivity contribution in [2.24, 2.45) is 11.7 Å². The summed E-state index contributed by atoms with van der Waals surface area (Å²) < 4.78 is 27.4. The minimum atomic E-state index is -1.05. The second-order valence-corrected chi connectivity index (χ2v) is 5.28. The zero-order chi connectivity index (χ0) is 13.3. The van der Waals surface area contributed by atoms with Crippen LogP contribution in [0.25, 0.3) is 0 Å². The largest absolute Gasteiger partial charge is 0.391 e. The summed E-state index contributed by atoms with van der Waals surface area (Å²) in [5, 5.41) is 10.1. The van der Waals surface area contributed by atoms with E-state index in [0.29, 0.717) is 0 Å². The van der Waals surface area contributed by atoms with E-state index >= 15 is 0 Å². The molecule has 100 valence electrons. The number of hydrogen-bond acceptors (Lipinski definition) is 2. The molecule has 0 aliphatic heterocycles. The maximum absolute atomic E-state index is 13.7. The van der Waals surface area contributed by atoms with Gasteiger partial charge >= 0.3 is 0 Å². The maximum atomic E-state index is 13.7. The lowest BCUT2D eigenvalue weighted by Crippen LogP contribution is -2.33. The molecule has 5 heteroatoms. The van der Waals surface area contributed by atoms with Gasteiger partial charge in [0.25, 0.3) is 0 Å². The molecule has 18 heavy (non-hydrogen) atoms. The first-order valence-electron chi connectivity index (χ1n) is 6.09. The summed E-state index contributed by atoms with van der Waals surface area (Å²) in [6.07, 6.45) is 2.84. The Balaban J connectivity index is 2.24. The van der Waals surface area contributed by atoms with Crippen LogP contribution >= 0.6 is 11.6 Å². The monoisotopic (exact) mass is 275 g/mol. The van der Waals surface area contributed by atoms with Crippen molar-refractivity contribution in [1.29, 1.82) is 0 Å². The van der Waals surface area contributed by atoms with E-state index in [9.17, 15) is 13.9 Å². The van der Waals surface area contributed by atoms with Crippen molar-refractivity contribution < 1.29 is 13.9 Å². The second kappa shape index (κ2) is 5.51. The fourth-order valence-corrected chi connectivity index (χ4v) is 2.83. The zero-order valence-electron chi connectivity index (χ0n) is 9.87. The van der Waals surface area contributed by atoms with Gasteiger partial charge in [-0.2, -0.15) is 0 Å². The lowest BCUT2D eigenvalue weighted by molar-refractivity contribution is 0.0819. The Labute approximate surface area is 110 Å². The van der Waals surface area contributed by atoms with E-state index in [-0.39, 0.29) is 16.5 Å². The molecule has 0 bridgehead atoms. The van der Waals surface area contributed by atoms with Crippen LogP contribution in [0, 0.1) is 17.6 Å². The van der Waals surface area contributed by atoms with Crippen LogP contribution < -0.4 is 5.73 Å². The number of aliphatic hydroxyl groups is 1. The Morgan fingerprint density at radius 2 is 1.72 bits per heavy atom. The van der Waals surface area contributed by atoms with Crippen molar-refractivity contribution >= 4 is 11.6 Å².